The van der Waals surface area contributed by atoms with Gasteiger partial charge in [-0.25, -0.2) is 15.0 Å². The summed E-state index contributed by atoms with van der Waals surface area (Å²) >= 11 is 0. The van der Waals surface area contributed by atoms with E-state index in [4.69, 9.17) is 15.0 Å². The van der Waals surface area contributed by atoms with Crippen molar-refractivity contribution in [3.05, 3.63) is 200 Å². The summed E-state index contributed by atoms with van der Waals surface area (Å²) in [6, 6.07) is 71.0. The molecule has 0 aliphatic rings. The first kappa shape index (κ1) is 32.4. The normalized spacial score (nSPS) is 11.8. The second-order valence-corrected chi connectivity index (χ2v) is 14.8. The molecule has 0 saturated heterocycles. The highest BCUT2D eigenvalue weighted by molar-refractivity contribution is 6.25. The monoisotopic (exact) mass is 739 g/mol. The van der Waals surface area contributed by atoms with Gasteiger partial charge in [-0.1, -0.05) is 158 Å². The maximum Gasteiger partial charge on any atom is 0.164 e. The van der Waals surface area contributed by atoms with E-state index in [1.165, 1.54) is 43.4 Å². The number of para-hydroxylation sites is 2. The molecule has 9 aromatic carbocycles. The molecular formula is C53H33N5. The fourth-order valence-electron chi connectivity index (χ4n) is 8.98. The van der Waals surface area contributed by atoms with Crippen LogP contribution in [0.2, 0.25) is 0 Å². The summed E-state index contributed by atoms with van der Waals surface area (Å²) in [5, 5.41) is 9.62. The molecule has 0 aliphatic carbocycles. The van der Waals surface area contributed by atoms with Gasteiger partial charge in [-0.05, 0) is 58.6 Å². The van der Waals surface area contributed by atoms with Gasteiger partial charge in [0.05, 0.1) is 27.8 Å². The fourth-order valence-corrected chi connectivity index (χ4v) is 8.98. The van der Waals surface area contributed by atoms with Crippen LogP contribution in [0.5, 0.6) is 0 Å². The first-order chi connectivity index (χ1) is 28.8. The van der Waals surface area contributed by atoms with Crippen LogP contribution in [-0.4, -0.2) is 24.1 Å². The highest BCUT2D eigenvalue weighted by atomic mass is 15.0. The molecule has 12 aromatic rings. The predicted molar refractivity (Wildman–Crippen MR) is 240 cm³/mol. The Kier molecular flexibility index (Phi) is 7.16. The SMILES string of the molecule is c1ccc(-c2nc(-c3ccccc3)nc(-c3cccc4c(-n5c6ccccc6c6cc7c8c9ccccc9ccc8n(-c8ccccc8)c7cc65)cccc34)n2)cc1. The van der Waals surface area contributed by atoms with E-state index in [-0.39, 0.29) is 0 Å². The van der Waals surface area contributed by atoms with E-state index in [0.717, 1.165) is 49.9 Å². The van der Waals surface area contributed by atoms with Crippen LogP contribution in [0.3, 0.4) is 0 Å². The topological polar surface area (TPSA) is 48.5 Å². The van der Waals surface area contributed by atoms with E-state index < -0.39 is 0 Å². The number of aromatic nitrogens is 5. The summed E-state index contributed by atoms with van der Waals surface area (Å²) < 4.78 is 4.87. The summed E-state index contributed by atoms with van der Waals surface area (Å²) in [6.45, 7) is 0. The molecule has 5 nitrogen and oxygen atoms in total. The molecule has 5 heteroatoms. The van der Waals surface area contributed by atoms with Crippen molar-refractivity contribution in [1.29, 1.82) is 0 Å². The Morgan fingerprint density at radius 3 is 1.66 bits per heavy atom. The molecule has 12 rings (SSSR count). The van der Waals surface area contributed by atoms with Gasteiger partial charge in [0.1, 0.15) is 0 Å². The Hall–Kier alpha value is -7.89. The third-order valence-corrected chi connectivity index (χ3v) is 11.5. The van der Waals surface area contributed by atoms with Crippen molar-refractivity contribution in [1.82, 2.24) is 24.1 Å². The Morgan fingerprint density at radius 2 is 0.897 bits per heavy atom. The van der Waals surface area contributed by atoms with Gasteiger partial charge in [-0.3, -0.25) is 0 Å². The summed E-state index contributed by atoms with van der Waals surface area (Å²) in [6.07, 6.45) is 0. The van der Waals surface area contributed by atoms with E-state index in [1.807, 2.05) is 60.7 Å². The van der Waals surface area contributed by atoms with Gasteiger partial charge in [0, 0.05) is 49.3 Å². The lowest BCUT2D eigenvalue weighted by Gasteiger charge is -2.15. The van der Waals surface area contributed by atoms with Crippen LogP contribution in [-0.2, 0) is 0 Å². The second kappa shape index (κ2) is 12.8. The van der Waals surface area contributed by atoms with E-state index >= 15 is 0 Å². The molecule has 3 aromatic heterocycles. The second-order valence-electron chi connectivity index (χ2n) is 14.8. The van der Waals surface area contributed by atoms with Crippen molar-refractivity contribution < 1.29 is 0 Å². The minimum Gasteiger partial charge on any atom is -0.309 e. The highest BCUT2D eigenvalue weighted by Gasteiger charge is 2.21. The lowest BCUT2D eigenvalue weighted by molar-refractivity contribution is 1.08. The minimum atomic E-state index is 0.638. The van der Waals surface area contributed by atoms with Gasteiger partial charge < -0.3 is 9.13 Å². The molecule has 0 amide bonds. The molecule has 0 bridgehead atoms. The van der Waals surface area contributed by atoms with Gasteiger partial charge in [0.2, 0.25) is 0 Å². The van der Waals surface area contributed by atoms with Gasteiger partial charge in [-0.15, -0.1) is 0 Å². The molecule has 58 heavy (non-hydrogen) atoms. The fraction of sp³-hybridized carbons (Fsp3) is 0. The van der Waals surface area contributed by atoms with Crippen LogP contribution >= 0.6 is 0 Å². The van der Waals surface area contributed by atoms with Gasteiger partial charge in [0.25, 0.3) is 0 Å². The standard InChI is InChI=1S/C53H33N5/c1-4-17-35(18-5-1)51-54-52(36-19-6-2-7-20-36)56-53(55-51)42-27-14-26-40-39(42)25-15-29-46(40)58-45-28-13-12-24-41(45)43-32-44-49(33-48(43)58)57(37-21-8-3-9-22-37)47-31-30-34-16-10-11-23-38(34)50(44)47/h1-33H. The third kappa shape index (κ3) is 4.93. The largest absolute Gasteiger partial charge is 0.309 e. The first-order valence-corrected chi connectivity index (χ1v) is 19.6. The molecule has 0 spiro atoms. The van der Waals surface area contributed by atoms with E-state index in [2.05, 4.69) is 149 Å². The Balaban J connectivity index is 1.14. The maximum atomic E-state index is 5.13. The van der Waals surface area contributed by atoms with Gasteiger partial charge >= 0.3 is 0 Å². The van der Waals surface area contributed by atoms with Crippen molar-refractivity contribution in [2.75, 3.05) is 0 Å². The van der Waals surface area contributed by atoms with Crippen molar-refractivity contribution >= 4 is 65.2 Å². The number of rotatable bonds is 5. The van der Waals surface area contributed by atoms with E-state index in [0.29, 0.717) is 17.5 Å². The summed E-state index contributed by atoms with van der Waals surface area (Å²) in [5.74, 6) is 1.93. The maximum absolute atomic E-state index is 5.13. The lowest BCUT2D eigenvalue weighted by Crippen LogP contribution is -2.01. The van der Waals surface area contributed by atoms with Crippen LogP contribution < -0.4 is 0 Å². The number of benzene rings is 9. The summed E-state index contributed by atoms with van der Waals surface area (Å²) in [7, 11) is 0. The van der Waals surface area contributed by atoms with Crippen LogP contribution in [0.1, 0.15) is 0 Å². The van der Waals surface area contributed by atoms with Crippen LogP contribution in [0.25, 0.3) is 111 Å². The molecule has 0 unspecified atom stereocenters. The van der Waals surface area contributed by atoms with Gasteiger partial charge in [-0.2, -0.15) is 0 Å². The van der Waals surface area contributed by atoms with Crippen molar-refractivity contribution in [2.24, 2.45) is 0 Å². The smallest absolute Gasteiger partial charge is 0.164 e. The van der Waals surface area contributed by atoms with Crippen molar-refractivity contribution in [3.63, 3.8) is 0 Å². The minimum absolute atomic E-state index is 0.638. The number of hydrogen-bond acceptors (Lipinski definition) is 3. The zero-order chi connectivity index (χ0) is 38.2. The molecule has 0 atom stereocenters. The van der Waals surface area contributed by atoms with E-state index in [9.17, 15) is 0 Å². The Bertz CT molecular complexity index is 3490. The highest BCUT2D eigenvalue weighted by Crippen LogP contribution is 2.43. The number of hydrogen-bond donors (Lipinski definition) is 0. The molecule has 0 aliphatic heterocycles. The zero-order valence-electron chi connectivity index (χ0n) is 31.3. The zero-order valence-corrected chi connectivity index (χ0v) is 31.3. The predicted octanol–water partition coefficient (Wildman–Crippen LogP) is 13.4. The first-order valence-electron chi connectivity index (χ1n) is 19.6. The molecule has 3 heterocycles. The molecule has 0 radical (unpaired) electrons. The Labute approximate surface area is 333 Å². The average Bonchev–Trinajstić information content (AvgIpc) is 3.80. The molecule has 270 valence electrons. The number of nitrogens with zero attached hydrogens (tertiary/aromatic N) is 5. The summed E-state index contributed by atoms with van der Waals surface area (Å²) in [4.78, 5) is 15.2. The third-order valence-electron chi connectivity index (χ3n) is 11.5. The molecular weight excluding hydrogens is 707 g/mol. The Morgan fingerprint density at radius 1 is 0.310 bits per heavy atom. The van der Waals surface area contributed by atoms with E-state index in [1.54, 1.807) is 0 Å². The average molecular weight is 740 g/mol. The quantitative estimate of drug-likeness (QED) is 0.177. The molecule has 0 N–H and O–H groups in total. The molecule has 0 saturated carbocycles. The number of fused-ring (bicyclic) bond motifs is 9. The lowest BCUT2D eigenvalue weighted by atomic mass is 10.0. The summed E-state index contributed by atoms with van der Waals surface area (Å²) in [5.41, 5.74) is 9.74. The van der Waals surface area contributed by atoms with Crippen molar-refractivity contribution in [3.8, 4) is 45.5 Å². The molecule has 0 fully saturated rings. The van der Waals surface area contributed by atoms with Crippen LogP contribution in [0.4, 0.5) is 0 Å². The van der Waals surface area contributed by atoms with Crippen LogP contribution in [0, 0.1) is 0 Å². The van der Waals surface area contributed by atoms with Gasteiger partial charge in [0.15, 0.2) is 17.5 Å². The van der Waals surface area contributed by atoms with Crippen molar-refractivity contribution in [2.45, 2.75) is 0 Å². The van der Waals surface area contributed by atoms with Crippen LogP contribution in [0.15, 0.2) is 200 Å².